The molecule has 2 amide bonds. The molecule has 1 aliphatic rings. The first-order chi connectivity index (χ1) is 11.5. The molecular formula is C18H24N2O5. The minimum Gasteiger partial charge on any atom is -0.498 e. The number of hydrogen-bond donors (Lipinski definition) is 2. The smallest absolute Gasteiger partial charge is 0.366 e. The molecule has 136 valence electrons. The van der Waals surface area contributed by atoms with Gasteiger partial charge in [0.1, 0.15) is 6.54 Å². The number of nitrogens with zero attached hydrogens (tertiary/aromatic N) is 1. The summed E-state index contributed by atoms with van der Waals surface area (Å²) in [6.07, 6.45) is -1.44. The van der Waals surface area contributed by atoms with E-state index in [-0.39, 0.29) is 18.9 Å². The molecule has 7 nitrogen and oxygen atoms in total. The van der Waals surface area contributed by atoms with Crippen LogP contribution in [-0.4, -0.2) is 51.2 Å². The van der Waals surface area contributed by atoms with Crippen LogP contribution in [0.1, 0.15) is 44.5 Å². The standard InChI is InChI=1S/C18H24N2O5/c1-17(2,3)20(16(24)25)11-13(10-18(20,4)15(22)23)19-14(21)12-8-6-5-7-9-12/h5-9,13H,10-11H2,1-4H3,(H2-,19,21,22,23,24,25). The first-order valence-corrected chi connectivity index (χ1v) is 8.15. The lowest BCUT2D eigenvalue weighted by Crippen LogP contribution is -2.76. The van der Waals surface area contributed by atoms with Crippen molar-refractivity contribution >= 4 is 18.0 Å². The summed E-state index contributed by atoms with van der Waals surface area (Å²) >= 11 is 0. The third kappa shape index (κ3) is 2.89. The molecule has 1 aromatic carbocycles. The van der Waals surface area contributed by atoms with Crippen LogP contribution >= 0.6 is 0 Å². The van der Waals surface area contributed by atoms with Crippen LogP contribution in [-0.2, 0) is 4.79 Å². The zero-order valence-corrected chi connectivity index (χ0v) is 14.9. The van der Waals surface area contributed by atoms with E-state index in [0.717, 1.165) is 0 Å². The zero-order chi connectivity index (χ0) is 19.0. The number of amides is 2. The molecule has 7 heteroatoms. The Morgan fingerprint density at radius 1 is 1.24 bits per heavy atom. The van der Waals surface area contributed by atoms with Gasteiger partial charge in [-0.15, -0.1) is 0 Å². The Bertz CT molecular complexity index is 697. The summed E-state index contributed by atoms with van der Waals surface area (Å²) in [7, 11) is 0. The summed E-state index contributed by atoms with van der Waals surface area (Å²) < 4.78 is -0.755. The van der Waals surface area contributed by atoms with E-state index >= 15 is 0 Å². The molecule has 3 atom stereocenters. The SMILES string of the molecule is CC(C)(C)[N+]1(C(=O)[O-])CC(NC(=O)c2ccccc2)CC1(C)C(=O)O. The highest BCUT2D eigenvalue weighted by molar-refractivity contribution is 5.94. The normalized spacial score (nSPS) is 29.2. The minimum absolute atomic E-state index is 0.00611. The molecular weight excluding hydrogens is 324 g/mol. The molecule has 1 aromatic rings. The van der Waals surface area contributed by atoms with Crippen LogP contribution in [0.2, 0.25) is 0 Å². The Hall–Kier alpha value is -2.41. The molecule has 3 unspecified atom stereocenters. The molecule has 0 radical (unpaired) electrons. The Balaban J connectivity index is 2.38. The van der Waals surface area contributed by atoms with Crippen LogP contribution in [0, 0.1) is 0 Å². The zero-order valence-electron chi connectivity index (χ0n) is 14.9. The highest BCUT2D eigenvalue weighted by Gasteiger charge is 2.67. The van der Waals surface area contributed by atoms with E-state index in [9.17, 15) is 24.6 Å². The van der Waals surface area contributed by atoms with Gasteiger partial charge in [-0.2, -0.15) is 0 Å². The van der Waals surface area contributed by atoms with Crippen molar-refractivity contribution in [2.45, 2.75) is 51.2 Å². The maximum Gasteiger partial charge on any atom is 0.366 e. The molecule has 2 N–H and O–H groups in total. The molecule has 2 rings (SSSR count). The summed E-state index contributed by atoms with van der Waals surface area (Å²) in [6, 6.07) is 7.93. The van der Waals surface area contributed by atoms with Crippen LogP contribution in [0.3, 0.4) is 0 Å². The number of hydrogen-bond acceptors (Lipinski definition) is 4. The number of benzene rings is 1. The van der Waals surface area contributed by atoms with Crippen molar-refractivity contribution in [3.8, 4) is 0 Å². The van der Waals surface area contributed by atoms with Crippen LogP contribution in [0.5, 0.6) is 0 Å². The molecule has 0 saturated carbocycles. The van der Waals surface area contributed by atoms with Gasteiger partial charge in [-0.1, -0.05) is 18.2 Å². The van der Waals surface area contributed by atoms with Gasteiger partial charge >= 0.3 is 5.97 Å². The van der Waals surface area contributed by atoms with Crippen LogP contribution < -0.4 is 10.4 Å². The highest BCUT2D eigenvalue weighted by Crippen LogP contribution is 2.44. The van der Waals surface area contributed by atoms with E-state index in [1.807, 2.05) is 0 Å². The van der Waals surface area contributed by atoms with Crippen molar-refractivity contribution in [3.05, 3.63) is 35.9 Å². The molecule has 1 saturated heterocycles. The molecule has 0 aliphatic carbocycles. The predicted molar refractivity (Wildman–Crippen MR) is 88.6 cm³/mol. The topological polar surface area (TPSA) is 107 Å². The molecule has 1 fully saturated rings. The fourth-order valence-electron chi connectivity index (χ4n) is 4.00. The van der Waals surface area contributed by atoms with Gasteiger partial charge in [0.05, 0.1) is 11.6 Å². The van der Waals surface area contributed by atoms with Crippen molar-refractivity contribution in [1.82, 2.24) is 5.32 Å². The van der Waals surface area contributed by atoms with Gasteiger partial charge in [-0.05, 0) is 32.9 Å². The van der Waals surface area contributed by atoms with Crippen LogP contribution in [0.25, 0.3) is 0 Å². The van der Waals surface area contributed by atoms with E-state index in [1.54, 1.807) is 51.1 Å². The van der Waals surface area contributed by atoms with Gasteiger partial charge in [0.25, 0.3) is 12.0 Å². The number of aliphatic carboxylic acids is 1. The van der Waals surface area contributed by atoms with Crippen molar-refractivity contribution in [1.29, 1.82) is 0 Å². The second-order valence-corrected chi connectivity index (χ2v) is 7.75. The molecule has 0 spiro atoms. The number of nitrogens with one attached hydrogen (secondary N) is 1. The third-order valence-electron chi connectivity index (χ3n) is 5.27. The summed E-state index contributed by atoms with van der Waals surface area (Å²) in [5.74, 6) is -1.58. The van der Waals surface area contributed by atoms with Gasteiger partial charge in [0, 0.05) is 18.9 Å². The lowest BCUT2D eigenvalue weighted by molar-refractivity contribution is -0.943. The van der Waals surface area contributed by atoms with E-state index in [4.69, 9.17) is 0 Å². The number of carboxylic acids is 1. The number of carbonyl (C=O) groups is 3. The van der Waals surface area contributed by atoms with E-state index < -0.39 is 33.7 Å². The van der Waals surface area contributed by atoms with E-state index in [0.29, 0.717) is 5.56 Å². The number of rotatable bonds is 3. The summed E-state index contributed by atoms with van der Waals surface area (Å²) in [5.41, 5.74) is -2.09. The number of likely N-dealkylation sites (tertiary alicyclic amines) is 1. The fraction of sp³-hybridized carbons (Fsp3) is 0.500. The first kappa shape index (κ1) is 18.9. The van der Waals surface area contributed by atoms with Crippen molar-refractivity contribution < 1.29 is 29.1 Å². The molecule has 0 aromatic heterocycles. The Labute approximate surface area is 146 Å². The predicted octanol–water partition coefficient (Wildman–Crippen LogP) is 0.991. The summed E-state index contributed by atoms with van der Waals surface area (Å²) in [5, 5.41) is 24.6. The van der Waals surface area contributed by atoms with Gasteiger partial charge in [0.15, 0.2) is 0 Å². The first-order valence-electron chi connectivity index (χ1n) is 8.15. The average Bonchev–Trinajstić information content (AvgIpc) is 2.83. The van der Waals surface area contributed by atoms with E-state index in [2.05, 4.69) is 5.32 Å². The molecule has 0 bridgehead atoms. The second-order valence-electron chi connectivity index (χ2n) is 7.75. The minimum atomic E-state index is -1.61. The maximum atomic E-state index is 12.4. The summed E-state index contributed by atoms with van der Waals surface area (Å²) in [4.78, 5) is 36.4. The Morgan fingerprint density at radius 3 is 2.20 bits per heavy atom. The lowest BCUT2D eigenvalue weighted by atomic mass is 9.89. The average molecular weight is 348 g/mol. The monoisotopic (exact) mass is 348 g/mol. The van der Waals surface area contributed by atoms with Gasteiger partial charge in [-0.3, -0.25) is 9.28 Å². The lowest BCUT2D eigenvalue weighted by Gasteiger charge is -2.52. The largest absolute Gasteiger partial charge is 0.498 e. The van der Waals surface area contributed by atoms with Gasteiger partial charge < -0.3 is 20.3 Å². The summed E-state index contributed by atoms with van der Waals surface area (Å²) in [6.45, 7) is 6.38. The molecule has 25 heavy (non-hydrogen) atoms. The quantitative estimate of drug-likeness (QED) is 0.792. The van der Waals surface area contributed by atoms with Crippen molar-refractivity contribution in [2.75, 3.05) is 6.54 Å². The second kappa shape index (κ2) is 6.15. The Morgan fingerprint density at radius 2 is 1.80 bits per heavy atom. The number of carboxylic acid groups (broad SMARTS) is 2. The van der Waals surface area contributed by atoms with Gasteiger partial charge in [-0.25, -0.2) is 4.79 Å². The van der Waals surface area contributed by atoms with Crippen molar-refractivity contribution in [3.63, 3.8) is 0 Å². The van der Waals surface area contributed by atoms with Crippen LogP contribution in [0.4, 0.5) is 4.79 Å². The van der Waals surface area contributed by atoms with E-state index in [1.165, 1.54) is 6.92 Å². The van der Waals surface area contributed by atoms with Crippen LogP contribution in [0.15, 0.2) is 30.3 Å². The number of quaternary nitrogens is 1. The van der Waals surface area contributed by atoms with Gasteiger partial charge in [0.2, 0.25) is 5.54 Å². The highest BCUT2D eigenvalue weighted by atomic mass is 16.4. The Kier molecular flexibility index (Phi) is 4.65. The molecule has 1 heterocycles. The third-order valence-corrected chi connectivity index (χ3v) is 5.27. The fourth-order valence-corrected chi connectivity index (χ4v) is 4.00. The maximum absolute atomic E-state index is 12.4. The molecule has 1 aliphatic heterocycles. The van der Waals surface area contributed by atoms with Crippen molar-refractivity contribution in [2.24, 2.45) is 0 Å². The number of carbonyl (C=O) groups excluding carboxylic acids is 2.